The van der Waals surface area contributed by atoms with Crippen LogP contribution in [-0.2, 0) is 9.63 Å². The molecule has 25 heavy (non-hydrogen) atoms. The zero-order valence-corrected chi connectivity index (χ0v) is 16.7. The number of fused-ring (bicyclic) bond motifs is 5. The van der Waals surface area contributed by atoms with Crippen molar-refractivity contribution in [2.75, 3.05) is 0 Å². The minimum Gasteiger partial charge on any atom is -0.273 e. The third kappa shape index (κ3) is 2.67. The predicted molar refractivity (Wildman–Crippen MR) is 99.7 cm³/mol. The van der Waals surface area contributed by atoms with Crippen LogP contribution in [0.5, 0.6) is 0 Å². The fraction of sp³-hybridized carbons (Fsp3) is 0.955. The van der Waals surface area contributed by atoms with Crippen LogP contribution in [0.4, 0.5) is 0 Å². The van der Waals surface area contributed by atoms with Gasteiger partial charge in [0.15, 0.2) is 0 Å². The van der Waals surface area contributed by atoms with Crippen molar-refractivity contribution in [3.8, 4) is 0 Å². The first-order valence-corrected chi connectivity index (χ1v) is 10.9. The molecule has 0 aromatic rings. The molecular weight excluding hydrogens is 310 g/mol. The fourth-order valence-electron chi connectivity index (χ4n) is 7.23. The maximum Gasteiger partial charge on any atom is 0.246 e. The second-order valence-electron chi connectivity index (χ2n) is 10.1. The predicted octanol–water partition coefficient (Wildman–Crippen LogP) is 5.34. The van der Waals surface area contributed by atoms with E-state index in [4.69, 9.17) is 4.84 Å². The Hall–Kier alpha value is -0.570. The van der Waals surface area contributed by atoms with Gasteiger partial charge in [0.05, 0.1) is 12.1 Å². The molecule has 0 aromatic carbocycles. The van der Waals surface area contributed by atoms with Crippen LogP contribution in [-0.4, -0.2) is 23.1 Å². The molecular formula is C22H37NO2. The first-order valence-electron chi connectivity index (χ1n) is 10.9. The van der Waals surface area contributed by atoms with E-state index < -0.39 is 0 Å². The molecule has 4 rings (SSSR count). The first-order chi connectivity index (χ1) is 11.9. The molecule has 1 amide bonds. The molecule has 0 aromatic heterocycles. The molecule has 1 aliphatic heterocycles. The Morgan fingerprint density at radius 3 is 2.68 bits per heavy atom. The van der Waals surface area contributed by atoms with Crippen molar-refractivity contribution in [3.05, 3.63) is 0 Å². The van der Waals surface area contributed by atoms with Crippen LogP contribution in [0.2, 0.25) is 0 Å². The summed E-state index contributed by atoms with van der Waals surface area (Å²) in [5.74, 6) is 2.84. The van der Waals surface area contributed by atoms with E-state index in [1.165, 1.54) is 38.5 Å². The second-order valence-corrected chi connectivity index (χ2v) is 10.1. The van der Waals surface area contributed by atoms with Crippen LogP contribution in [0.25, 0.3) is 0 Å². The van der Waals surface area contributed by atoms with Crippen LogP contribution in [0, 0.1) is 28.6 Å². The Morgan fingerprint density at radius 2 is 1.92 bits per heavy atom. The summed E-state index contributed by atoms with van der Waals surface area (Å²) >= 11 is 0. The van der Waals surface area contributed by atoms with Gasteiger partial charge < -0.3 is 0 Å². The number of amides is 1. The van der Waals surface area contributed by atoms with Crippen molar-refractivity contribution in [3.63, 3.8) is 0 Å². The van der Waals surface area contributed by atoms with Crippen molar-refractivity contribution in [1.82, 2.24) is 5.06 Å². The average Bonchev–Trinajstić information content (AvgIpc) is 2.99. The van der Waals surface area contributed by atoms with E-state index >= 15 is 0 Å². The van der Waals surface area contributed by atoms with E-state index in [1.54, 1.807) is 0 Å². The molecule has 3 nitrogen and oxygen atoms in total. The lowest BCUT2D eigenvalue weighted by molar-refractivity contribution is -0.262. The van der Waals surface area contributed by atoms with Crippen LogP contribution in [0.3, 0.4) is 0 Å². The monoisotopic (exact) mass is 347 g/mol. The summed E-state index contributed by atoms with van der Waals surface area (Å²) in [7, 11) is 0. The summed E-state index contributed by atoms with van der Waals surface area (Å²) in [5.41, 5.74) is 0.871. The van der Waals surface area contributed by atoms with Gasteiger partial charge in [-0.1, -0.05) is 27.2 Å². The van der Waals surface area contributed by atoms with Gasteiger partial charge in [0, 0.05) is 6.42 Å². The van der Waals surface area contributed by atoms with E-state index in [1.807, 2.05) is 5.06 Å². The smallest absolute Gasteiger partial charge is 0.246 e. The number of nitrogens with zero attached hydrogens (tertiary/aromatic N) is 1. The second kappa shape index (κ2) is 6.25. The third-order valence-corrected chi connectivity index (χ3v) is 8.87. The molecule has 4 fully saturated rings. The summed E-state index contributed by atoms with van der Waals surface area (Å²) in [5, 5.41) is 1.84. The topological polar surface area (TPSA) is 29.5 Å². The van der Waals surface area contributed by atoms with Gasteiger partial charge in [0.25, 0.3) is 0 Å². The molecule has 3 saturated carbocycles. The number of rotatable bonds is 3. The van der Waals surface area contributed by atoms with Crippen molar-refractivity contribution in [2.45, 2.75) is 104 Å². The van der Waals surface area contributed by atoms with Crippen LogP contribution < -0.4 is 0 Å². The summed E-state index contributed by atoms with van der Waals surface area (Å²) in [6, 6.07) is 0.301. The summed E-state index contributed by atoms with van der Waals surface area (Å²) in [6.45, 7) is 9.29. The van der Waals surface area contributed by atoms with Crippen LogP contribution in [0.15, 0.2) is 0 Å². The molecule has 1 heterocycles. The zero-order valence-electron chi connectivity index (χ0n) is 16.7. The average molecular weight is 348 g/mol. The lowest BCUT2D eigenvalue weighted by Gasteiger charge is -2.61. The molecule has 142 valence electrons. The summed E-state index contributed by atoms with van der Waals surface area (Å²) in [4.78, 5) is 18.8. The number of hydrogen-bond donors (Lipinski definition) is 0. The zero-order chi connectivity index (χ0) is 17.8. The van der Waals surface area contributed by atoms with E-state index in [-0.39, 0.29) is 17.4 Å². The Labute approximate surface area is 153 Å². The van der Waals surface area contributed by atoms with Gasteiger partial charge >= 0.3 is 0 Å². The Bertz CT molecular complexity index is 534. The van der Waals surface area contributed by atoms with Gasteiger partial charge in [-0.15, -0.1) is 0 Å². The lowest BCUT2D eigenvalue weighted by Crippen LogP contribution is -2.62. The van der Waals surface area contributed by atoms with Crippen molar-refractivity contribution < 1.29 is 9.63 Å². The van der Waals surface area contributed by atoms with Gasteiger partial charge in [-0.25, -0.2) is 5.06 Å². The van der Waals surface area contributed by atoms with Gasteiger partial charge in [-0.05, 0) is 86.9 Å². The molecule has 7 atom stereocenters. The highest BCUT2D eigenvalue weighted by molar-refractivity contribution is 5.76. The first kappa shape index (κ1) is 17.8. The molecule has 0 spiro atoms. The highest BCUT2D eigenvalue weighted by Gasteiger charge is 2.60. The van der Waals surface area contributed by atoms with Gasteiger partial charge in [0.2, 0.25) is 5.91 Å². The lowest BCUT2D eigenvalue weighted by atomic mass is 9.48. The van der Waals surface area contributed by atoms with E-state index in [9.17, 15) is 4.79 Å². The Morgan fingerprint density at radius 1 is 1.12 bits per heavy atom. The highest BCUT2D eigenvalue weighted by atomic mass is 16.7. The Kier molecular flexibility index (Phi) is 4.46. The number of hydroxylamine groups is 2. The van der Waals surface area contributed by atoms with E-state index in [0.717, 1.165) is 37.0 Å². The highest BCUT2D eigenvalue weighted by Crippen LogP contribution is 2.64. The van der Waals surface area contributed by atoms with Gasteiger partial charge in [0.1, 0.15) is 0 Å². The maximum atomic E-state index is 12.6. The SMILES string of the molecule is CCC(C)ON1C(=O)CC[C@@]2(C)C1CC[C@@H]1[C@H]2CC[C@]2(C)CCC[C@@H]12. The molecule has 1 saturated heterocycles. The molecule has 3 heteroatoms. The quantitative estimate of drug-likeness (QED) is 0.689. The summed E-state index contributed by atoms with van der Waals surface area (Å²) in [6.07, 6.45) is 12.4. The number of carbonyl (C=O) groups is 1. The molecule has 0 radical (unpaired) electrons. The summed E-state index contributed by atoms with van der Waals surface area (Å²) < 4.78 is 0. The standard InChI is InChI=1S/C22H37NO2/c1-5-15(2)25-23-19-9-8-16-17-7-6-12-21(17,3)13-10-18(16)22(19,4)14-11-20(23)24/h15-19H,5-14H2,1-4H3/t15?,16-,17-,18+,19?,21-,22+/m0/s1. The van der Waals surface area contributed by atoms with E-state index in [2.05, 4.69) is 27.7 Å². The fourth-order valence-corrected chi connectivity index (χ4v) is 7.23. The molecule has 2 unspecified atom stereocenters. The Balaban J connectivity index is 1.60. The largest absolute Gasteiger partial charge is 0.273 e. The number of piperidine rings is 1. The molecule has 0 N–H and O–H groups in total. The molecule has 4 aliphatic rings. The maximum absolute atomic E-state index is 12.6. The minimum atomic E-state index is 0.133. The molecule has 0 bridgehead atoms. The number of carbonyl (C=O) groups excluding carboxylic acids is 1. The van der Waals surface area contributed by atoms with E-state index in [0.29, 0.717) is 17.9 Å². The van der Waals surface area contributed by atoms with Crippen molar-refractivity contribution in [1.29, 1.82) is 0 Å². The number of hydrogen-bond acceptors (Lipinski definition) is 2. The van der Waals surface area contributed by atoms with Crippen LogP contribution in [0.1, 0.15) is 91.9 Å². The minimum absolute atomic E-state index is 0.133. The van der Waals surface area contributed by atoms with Gasteiger partial charge in [-0.3, -0.25) is 9.63 Å². The molecule has 3 aliphatic carbocycles. The third-order valence-electron chi connectivity index (χ3n) is 8.87. The normalized spacial score (nSPS) is 47.8. The van der Waals surface area contributed by atoms with Crippen molar-refractivity contribution >= 4 is 5.91 Å². The van der Waals surface area contributed by atoms with Crippen LogP contribution >= 0.6 is 0 Å². The van der Waals surface area contributed by atoms with Crippen molar-refractivity contribution in [2.24, 2.45) is 28.6 Å². The van der Waals surface area contributed by atoms with Gasteiger partial charge in [-0.2, -0.15) is 0 Å².